The molecule has 0 unspecified atom stereocenters. The Morgan fingerprint density at radius 1 is 0.967 bits per heavy atom. The molecule has 4 heteroatoms. The minimum atomic E-state index is -0.840. The van der Waals surface area contributed by atoms with Gasteiger partial charge in [0.1, 0.15) is 12.4 Å². The molecule has 0 heterocycles. The third kappa shape index (κ3) is 4.44. The molecule has 152 valence electrons. The maximum Gasteiger partial charge on any atom is 0.307 e. The number of allylic oxidation sites excluding steroid dienone is 3. The largest absolute Gasteiger partial charge is 0.489 e. The van der Waals surface area contributed by atoms with Crippen LogP contribution in [0.1, 0.15) is 30.4 Å². The molecule has 0 bridgehead atoms. The van der Waals surface area contributed by atoms with Crippen LogP contribution in [-0.2, 0) is 22.7 Å². The molecular weight excluding hydrogens is 374 g/mol. The molecule has 0 atom stereocenters. The molecule has 0 saturated heterocycles. The zero-order chi connectivity index (χ0) is 20.9. The number of carboxylic acid groups (broad SMARTS) is 1. The second-order valence-corrected chi connectivity index (χ2v) is 7.50. The third-order valence-corrected chi connectivity index (χ3v) is 5.36. The number of carboxylic acids is 1. The van der Waals surface area contributed by atoms with Gasteiger partial charge in [0, 0.05) is 12.1 Å². The van der Waals surface area contributed by atoms with Gasteiger partial charge in [-0.2, -0.15) is 0 Å². The molecule has 0 amide bonds. The summed E-state index contributed by atoms with van der Waals surface area (Å²) in [6.45, 7) is 0.912. The number of aliphatic carboxylic acids is 1. The molecule has 3 N–H and O–H groups in total. The van der Waals surface area contributed by atoms with E-state index in [1.165, 1.54) is 0 Å². The molecule has 3 aromatic rings. The van der Waals surface area contributed by atoms with Crippen molar-refractivity contribution >= 4 is 16.7 Å². The fraction of sp³-hybridized carbons (Fsp3) is 0.192. The summed E-state index contributed by atoms with van der Waals surface area (Å²) in [4.78, 5) is 11.1. The van der Waals surface area contributed by atoms with Crippen molar-refractivity contribution < 1.29 is 14.6 Å². The van der Waals surface area contributed by atoms with Crippen LogP contribution in [-0.4, -0.2) is 11.1 Å². The van der Waals surface area contributed by atoms with Crippen LogP contribution < -0.4 is 5.73 Å². The van der Waals surface area contributed by atoms with Gasteiger partial charge in [0.15, 0.2) is 0 Å². The van der Waals surface area contributed by atoms with Gasteiger partial charge in [0.25, 0.3) is 0 Å². The summed E-state index contributed by atoms with van der Waals surface area (Å²) in [7, 11) is 0. The summed E-state index contributed by atoms with van der Waals surface area (Å²) in [6, 6.07) is 20.9. The smallest absolute Gasteiger partial charge is 0.307 e. The van der Waals surface area contributed by atoms with Crippen molar-refractivity contribution in [2.24, 2.45) is 5.73 Å². The normalized spacial score (nSPS) is 13.6. The zero-order valence-corrected chi connectivity index (χ0v) is 16.8. The number of carbonyl (C=O) groups is 1. The number of hydrogen-bond donors (Lipinski definition) is 2. The molecule has 0 fully saturated rings. The maximum absolute atomic E-state index is 11.1. The van der Waals surface area contributed by atoms with Crippen molar-refractivity contribution in [1.29, 1.82) is 0 Å². The lowest BCUT2D eigenvalue weighted by molar-refractivity contribution is -0.136. The first-order valence-corrected chi connectivity index (χ1v) is 10.2. The highest BCUT2D eigenvalue weighted by Crippen LogP contribution is 2.31. The van der Waals surface area contributed by atoms with Crippen LogP contribution in [0.3, 0.4) is 0 Å². The van der Waals surface area contributed by atoms with Gasteiger partial charge >= 0.3 is 5.97 Å². The molecule has 4 nitrogen and oxygen atoms in total. The summed E-state index contributed by atoms with van der Waals surface area (Å²) in [6.07, 6.45) is 5.68. The van der Waals surface area contributed by atoms with Crippen LogP contribution in [0.2, 0.25) is 0 Å². The van der Waals surface area contributed by atoms with Crippen LogP contribution in [0.25, 0.3) is 21.9 Å². The SMILES string of the molecule is NCc1cccc(-c2cccc3ccc(COC4=CCCC=C4CC(=O)O)cc23)c1. The maximum atomic E-state index is 11.1. The summed E-state index contributed by atoms with van der Waals surface area (Å²) < 4.78 is 6.03. The van der Waals surface area contributed by atoms with E-state index in [0.29, 0.717) is 18.9 Å². The van der Waals surface area contributed by atoms with Crippen LogP contribution in [0.5, 0.6) is 0 Å². The monoisotopic (exact) mass is 399 g/mol. The van der Waals surface area contributed by atoms with Crippen molar-refractivity contribution in [2.45, 2.75) is 32.4 Å². The highest BCUT2D eigenvalue weighted by Gasteiger charge is 2.14. The van der Waals surface area contributed by atoms with E-state index >= 15 is 0 Å². The Hall–Kier alpha value is -3.37. The zero-order valence-electron chi connectivity index (χ0n) is 16.8. The fourth-order valence-corrected chi connectivity index (χ4v) is 3.87. The Kier molecular flexibility index (Phi) is 5.96. The van der Waals surface area contributed by atoms with Gasteiger partial charge in [-0.1, -0.05) is 54.6 Å². The topological polar surface area (TPSA) is 72.5 Å². The lowest BCUT2D eigenvalue weighted by Gasteiger charge is -2.17. The Labute approximate surface area is 176 Å². The predicted molar refractivity (Wildman–Crippen MR) is 120 cm³/mol. The standard InChI is InChI=1S/C26H25NO3/c27-16-18-5-3-8-21(13-18)23-9-4-7-20-12-11-19(14-24(20)23)17-30-25-10-2-1-6-22(25)15-26(28)29/h3-14H,1-2,15-17,27H2,(H,28,29). The van der Waals surface area contributed by atoms with Crippen molar-refractivity contribution in [3.05, 3.63) is 95.3 Å². The molecule has 4 rings (SSSR count). The van der Waals surface area contributed by atoms with Crippen molar-refractivity contribution in [1.82, 2.24) is 0 Å². The van der Waals surface area contributed by atoms with Crippen LogP contribution in [0.4, 0.5) is 0 Å². The first-order valence-electron chi connectivity index (χ1n) is 10.2. The second-order valence-electron chi connectivity index (χ2n) is 7.50. The molecule has 0 spiro atoms. The first-order chi connectivity index (χ1) is 14.6. The van der Waals surface area contributed by atoms with Crippen molar-refractivity contribution in [3.63, 3.8) is 0 Å². The Morgan fingerprint density at radius 2 is 1.80 bits per heavy atom. The van der Waals surface area contributed by atoms with E-state index in [1.54, 1.807) is 0 Å². The summed E-state index contributed by atoms with van der Waals surface area (Å²) in [5, 5.41) is 11.5. The van der Waals surface area contributed by atoms with Gasteiger partial charge < -0.3 is 15.6 Å². The molecule has 1 aliphatic carbocycles. The average molecular weight is 399 g/mol. The van der Waals surface area contributed by atoms with E-state index < -0.39 is 5.97 Å². The Bertz CT molecular complexity index is 1140. The van der Waals surface area contributed by atoms with E-state index in [2.05, 4.69) is 48.5 Å². The fourth-order valence-electron chi connectivity index (χ4n) is 3.87. The quantitative estimate of drug-likeness (QED) is 0.545. The van der Waals surface area contributed by atoms with Crippen LogP contribution >= 0.6 is 0 Å². The number of fused-ring (bicyclic) bond motifs is 1. The number of hydrogen-bond acceptors (Lipinski definition) is 3. The number of ether oxygens (including phenoxy) is 1. The van der Waals surface area contributed by atoms with Gasteiger partial charge in [-0.25, -0.2) is 0 Å². The average Bonchev–Trinajstić information content (AvgIpc) is 2.77. The highest BCUT2D eigenvalue weighted by atomic mass is 16.5. The van der Waals surface area contributed by atoms with Crippen LogP contribution in [0.15, 0.2) is 84.1 Å². The molecule has 3 aromatic carbocycles. The molecule has 0 aromatic heterocycles. The third-order valence-electron chi connectivity index (χ3n) is 5.36. The minimum Gasteiger partial charge on any atom is -0.489 e. The van der Waals surface area contributed by atoms with Gasteiger partial charge in [-0.15, -0.1) is 0 Å². The summed E-state index contributed by atoms with van der Waals surface area (Å²) in [5.74, 6) is -0.152. The van der Waals surface area contributed by atoms with Crippen molar-refractivity contribution in [2.75, 3.05) is 0 Å². The molecule has 0 aliphatic heterocycles. The second kappa shape index (κ2) is 8.97. The number of benzene rings is 3. The van der Waals surface area contributed by atoms with Crippen molar-refractivity contribution in [3.8, 4) is 11.1 Å². The lowest BCUT2D eigenvalue weighted by atomic mass is 9.96. The van der Waals surface area contributed by atoms with Gasteiger partial charge in [-0.05, 0) is 64.1 Å². The predicted octanol–water partition coefficient (Wildman–Crippen LogP) is 5.56. The molecule has 30 heavy (non-hydrogen) atoms. The minimum absolute atomic E-state index is 0.00874. The van der Waals surface area contributed by atoms with E-state index in [1.807, 2.05) is 24.3 Å². The van der Waals surface area contributed by atoms with E-state index in [9.17, 15) is 4.79 Å². The molecular formula is C26H25NO3. The van der Waals surface area contributed by atoms with Crippen LogP contribution in [0, 0.1) is 0 Å². The molecule has 0 saturated carbocycles. The summed E-state index contributed by atoms with van der Waals surface area (Å²) >= 11 is 0. The van der Waals surface area contributed by atoms with E-state index in [-0.39, 0.29) is 6.42 Å². The molecule has 1 aliphatic rings. The van der Waals surface area contributed by atoms with E-state index in [4.69, 9.17) is 15.6 Å². The Morgan fingerprint density at radius 3 is 2.63 bits per heavy atom. The van der Waals surface area contributed by atoms with Gasteiger partial charge in [0.2, 0.25) is 0 Å². The highest BCUT2D eigenvalue weighted by molar-refractivity contribution is 5.97. The Balaban J connectivity index is 1.61. The van der Waals surface area contributed by atoms with Gasteiger partial charge in [-0.3, -0.25) is 4.79 Å². The lowest BCUT2D eigenvalue weighted by Crippen LogP contribution is -2.05. The van der Waals surface area contributed by atoms with Gasteiger partial charge in [0.05, 0.1) is 6.42 Å². The number of rotatable bonds is 7. The molecule has 0 radical (unpaired) electrons. The first kappa shape index (κ1) is 19.9. The number of nitrogens with two attached hydrogens (primary N) is 1. The summed E-state index contributed by atoms with van der Waals surface area (Å²) in [5.41, 5.74) is 11.0. The van der Waals surface area contributed by atoms with E-state index in [0.717, 1.165) is 51.4 Å².